The Bertz CT molecular complexity index is 1230. The van der Waals surface area contributed by atoms with Crippen molar-refractivity contribution in [3.8, 4) is 5.75 Å². The van der Waals surface area contributed by atoms with Gasteiger partial charge >= 0.3 is 6.18 Å². The number of aryl methyl sites for hydroxylation is 1. The lowest BCUT2D eigenvalue weighted by molar-refractivity contribution is -0.384. The van der Waals surface area contributed by atoms with Crippen LogP contribution in [0.25, 0.3) is 0 Å². The number of nitro benzene ring substituents is 1. The molecule has 186 valence electrons. The number of halogens is 5. The van der Waals surface area contributed by atoms with E-state index in [1.807, 2.05) is 0 Å². The van der Waals surface area contributed by atoms with E-state index in [1.165, 1.54) is 29.8 Å². The molecule has 2 aromatic carbocycles. The number of non-ortho nitro benzene ring substituents is 1. The van der Waals surface area contributed by atoms with E-state index in [-0.39, 0.29) is 47.8 Å². The maximum Gasteiger partial charge on any atom is 0.436 e. The summed E-state index contributed by atoms with van der Waals surface area (Å²) >= 11 is 11.7. The molecule has 0 fully saturated rings. The van der Waals surface area contributed by atoms with E-state index in [0.717, 1.165) is 5.56 Å². The Kier molecular flexibility index (Phi) is 8.23. The Morgan fingerprint density at radius 3 is 2.46 bits per heavy atom. The Balaban J connectivity index is 1.48. The van der Waals surface area contributed by atoms with Crippen LogP contribution in [0.5, 0.6) is 5.75 Å². The minimum absolute atomic E-state index is 0.109. The van der Waals surface area contributed by atoms with Crippen LogP contribution in [0.15, 0.2) is 42.5 Å². The van der Waals surface area contributed by atoms with E-state index in [4.69, 9.17) is 27.9 Å². The van der Waals surface area contributed by atoms with Gasteiger partial charge in [-0.1, -0.05) is 35.3 Å². The fraction of sp³-hybridized carbons (Fsp3) is 0.273. The van der Waals surface area contributed by atoms with Gasteiger partial charge in [0, 0.05) is 30.8 Å². The molecule has 0 unspecified atom stereocenters. The SMILES string of the molecule is Cc1c(Cl)c(C(F)(F)F)nn1CCCNC(=O)c1ccc(COc2ccc([N+](=O)[O-])cc2Cl)cc1. The maximum absolute atomic E-state index is 12.9. The number of carbonyl (C=O) groups is 1. The third kappa shape index (κ3) is 6.64. The van der Waals surface area contributed by atoms with Crippen LogP contribution in [0.1, 0.15) is 33.7 Å². The molecule has 0 aliphatic heterocycles. The highest BCUT2D eigenvalue weighted by Crippen LogP contribution is 2.35. The van der Waals surface area contributed by atoms with Crippen molar-refractivity contribution in [1.29, 1.82) is 0 Å². The Morgan fingerprint density at radius 2 is 1.89 bits per heavy atom. The Morgan fingerprint density at radius 1 is 1.20 bits per heavy atom. The number of carbonyl (C=O) groups excluding carboxylic acids is 1. The molecule has 8 nitrogen and oxygen atoms in total. The van der Waals surface area contributed by atoms with Crippen LogP contribution in [-0.2, 0) is 19.3 Å². The first-order chi connectivity index (χ1) is 16.5. The van der Waals surface area contributed by atoms with Crippen molar-refractivity contribution in [3.63, 3.8) is 0 Å². The molecule has 0 radical (unpaired) electrons. The molecule has 0 aliphatic carbocycles. The number of ether oxygens (including phenoxy) is 1. The molecule has 0 saturated heterocycles. The number of aromatic nitrogens is 2. The molecule has 0 spiro atoms. The van der Waals surface area contributed by atoms with E-state index in [9.17, 15) is 28.1 Å². The van der Waals surface area contributed by atoms with Gasteiger partial charge in [-0.15, -0.1) is 0 Å². The van der Waals surface area contributed by atoms with Crippen molar-refractivity contribution in [2.75, 3.05) is 6.54 Å². The number of alkyl halides is 3. The lowest BCUT2D eigenvalue weighted by atomic mass is 10.1. The van der Waals surface area contributed by atoms with Crippen LogP contribution in [0.2, 0.25) is 10.0 Å². The lowest BCUT2D eigenvalue weighted by Gasteiger charge is -2.09. The molecule has 1 N–H and O–H groups in total. The zero-order valence-electron chi connectivity index (χ0n) is 18.2. The summed E-state index contributed by atoms with van der Waals surface area (Å²) in [6.07, 6.45) is -4.28. The van der Waals surface area contributed by atoms with Crippen LogP contribution in [0.4, 0.5) is 18.9 Å². The highest BCUT2D eigenvalue weighted by molar-refractivity contribution is 6.32. The van der Waals surface area contributed by atoms with Crippen molar-refractivity contribution in [2.24, 2.45) is 0 Å². The number of rotatable bonds is 9. The zero-order chi connectivity index (χ0) is 25.8. The largest absolute Gasteiger partial charge is 0.487 e. The smallest absolute Gasteiger partial charge is 0.436 e. The standard InChI is InChI=1S/C22H19Cl2F3N4O4/c1-13-19(24)20(22(25,26)27)29-30(13)10-2-9-28-21(32)15-5-3-14(4-6-15)12-35-18-8-7-16(31(33)34)11-17(18)23/h3-8,11H,2,9-10,12H2,1H3,(H,28,32). The van der Waals surface area contributed by atoms with Crippen molar-refractivity contribution in [3.05, 3.63) is 85.1 Å². The van der Waals surface area contributed by atoms with E-state index >= 15 is 0 Å². The zero-order valence-corrected chi connectivity index (χ0v) is 19.7. The first-order valence-corrected chi connectivity index (χ1v) is 11.0. The van der Waals surface area contributed by atoms with Gasteiger partial charge in [0.1, 0.15) is 12.4 Å². The molecule has 0 aliphatic rings. The van der Waals surface area contributed by atoms with Crippen LogP contribution in [0, 0.1) is 17.0 Å². The number of nitrogens with one attached hydrogen (secondary N) is 1. The van der Waals surface area contributed by atoms with Crippen LogP contribution in [-0.4, -0.2) is 27.2 Å². The van der Waals surface area contributed by atoms with Gasteiger partial charge in [-0.05, 0) is 37.1 Å². The normalized spacial score (nSPS) is 11.4. The molecule has 35 heavy (non-hydrogen) atoms. The van der Waals surface area contributed by atoms with Gasteiger partial charge in [-0.3, -0.25) is 19.6 Å². The first kappa shape index (κ1) is 26.3. The highest BCUT2D eigenvalue weighted by atomic mass is 35.5. The first-order valence-electron chi connectivity index (χ1n) is 10.2. The van der Waals surface area contributed by atoms with Gasteiger partial charge in [-0.25, -0.2) is 0 Å². The summed E-state index contributed by atoms with van der Waals surface area (Å²) in [4.78, 5) is 22.5. The summed E-state index contributed by atoms with van der Waals surface area (Å²) in [5.41, 5.74) is 0.0633. The number of hydrogen-bond donors (Lipinski definition) is 1. The quantitative estimate of drug-likeness (QED) is 0.213. The Hall–Kier alpha value is -3.31. The Labute approximate surface area is 207 Å². The number of hydrogen-bond acceptors (Lipinski definition) is 5. The second-order valence-corrected chi connectivity index (χ2v) is 8.22. The third-order valence-corrected chi connectivity index (χ3v) is 5.72. The highest BCUT2D eigenvalue weighted by Gasteiger charge is 2.38. The minimum atomic E-state index is -4.63. The molecular weight excluding hydrogens is 512 g/mol. The summed E-state index contributed by atoms with van der Waals surface area (Å²) in [5.74, 6) is -0.0581. The van der Waals surface area contributed by atoms with E-state index in [2.05, 4.69) is 10.4 Å². The summed E-state index contributed by atoms with van der Waals surface area (Å²) < 4.78 is 45.4. The predicted molar refractivity (Wildman–Crippen MR) is 123 cm³/mol. The molecule has 1 amide bonds. The van der Waals surface area contributed by atoms with Gasteiger partial charge in [0.25, 0.3) is 11.6 Å². The van der Waals surface area contributed by atoms with Gasteiger partial charge in [0.15, 0.2) is 5.69 Å². The molecule has 0 bridgehead atoms. The third-order valence-electron chi connectivity index (χ3n) is 4.97. The van der Waals surface area contributed by atoms with E-state index < -0.39 is 21.8 Å². The fourth-order valence-corrected chi connectivity index (χ4v) is 3.56. The van der Waals surface area contributed by atoms with Crippen molar-refractivity contribution >= 4 is 34.8 Å². The summed E-state index contributed by atoms with van der Waals surface area (Å²) in [6.45, 7) is 1.96. The molecule has 3 rings (SSSR count). The summed E-state index contributed by atoms with van der Waals surface area (Å²) in [7, 11) is 0. The average molecular weight is 531 g/mol. The molecule has 13 heteroatoms. The predicted octanol–water partition coefficient (Wildman–Crippen LogP) is 5.82. The fourth-order valence-electron chi connectivity index (χ4n) is 3.09. The summed E-state index contributed by atoms with van der Waals surface area (Å²) in [5, 5.41) is 16.7. The number of nitro groups is 1. The van der Waals surface area contributed by atoms with Gasteiger partial charge in [-0.2, -0.15) is 18.3 Å². The summed E-state index contributed by atoms with van der Waals surface area (Å²) in [6, 6.07) is 10.4. The molecule has 0 atom stereocenters. The average Bonchev–Trinajstić information content (AvgIpc) is 3.10. The molecular formula is C22H19Cl2F3N4O4. The molecule has 1 heterocycles. The number of nitrogens with zero attached hydrogens (tertiary/aromatic N) is 3. The van der Waals surface area contributed by atoms with E-state index in [0.29, 0.717) is 12.0 Å². The number of benzene rings is 2. The molecule has 1 aromatic heterocycles. The number of amides is 1. The monoisotopic (exact) mass is 530 g/mol. The van der Waals surface area contributed by atoms with Crippen LogP contribution >= 0.6 is 23.2 Å². The molecule has 3 aromatic rings. The van der Waals surface area contributed by atoms with Crippen molar-refractivity contribution in [1.82, 2.24) is 15.1 Å². The van der Waals surface area contributed by atoms with Crippen LogP contribution in [0.3, 0.4) is 0 Å². The van der Waals surface area contributed by atoms with Crippen molar-refractivity contribution in [2.45, 2.75) is 32.7 Å². The minimum Gasteiger partial charge on any atom is -0.487 e. The lowest BCUT2D eigenvalue weighted by Crippen LogP contribution is -2.25. The van der Waals surface area contributed by atoms with Gasteiger partial charge in [0.2, 0.25) is 0 Å². The topological polar surface area (TPSA) is 99.3 Å². The van der Waals surface area contributed by atoms with Gasteiger partial charge in [0.05, 0.1) is 20.7 Å². The maximum atomic E-state index is 12.9. The molecule has 0 saturated carbocycles. The van der Waals surface area contributed by atoms with Crippen molar-refractivity contribution < 1.29 is 27.6 Å². The van der Waals surface area contributed by atoms with Gasteiger partial charge < -0.3 is 10.1 Å². The second-order valence-electron chi connectivity index (χ2n) is 7.44. The van der Waals surface area contributed by atoms with E-state index in [1.54, 1.807) is 24.3 Å². The van der Waals surface area contributed by atoms with Crippen LogP contribution < -0.4 is 10.1 Å². The second kappa shape index (κ2) is 11.0.